The molecule has 0 radical (unpaired) electrons. The van der Waals surface area contributed by atoms with E-state index in [0.717, 1.165) is 88.6 Å². The number of alkyl halides is 5. The fourth-order valence-corrected chi connectivity index (χ4v) is 10.2. The smallest absolute Gasteiger partial charge is 0.453 e. The largest absolute Gasteiger partial charge is 0.508 e. The van der Waals surface area contributed by atoms with Gasteiger partial charge >= 0.3 is 12.1 Å². The van der Waals surface area contributed by atoms with Crippen LogP contribution < -0.4 is 0 Å². The van der Waals surface area contributed by atoms with Crippen molar-refractivity contribution in [3.8, 4) is 5.75 Å². The summed E-state index contributed by atoms with van der Waals surface area (Å²) >= 11 is 1.42. The summed E-state index contributed by atoms with van der Waals surface area (Å²) in [4.78, 5) is 16.2. The van der Waals surface area contributed by atoms with Gasteiger partial charge in [0.2, 0.25) is 0 Å². The van der Waals surface area contributed by atoms with Gasteiger partial charge in [-0.15, -0.1) is 0 Å². The van der Waals surface area contributed by atoms with Crippen LogP contribution in [0.15, 0.2) is 18.2 Å². The van der Waals surface area contributed by atoms with Gasteiger partial charge in [-0.05, 0) is 130 Å². The lowest BCUT2D eigenvalue weighted by Crippen LogP contribution is -2.48. The van der Waals surface area contributed by atoms with Gasteiger partial charge in [-0.3, -0.25) is 4.79 Å². The molecule has 0 aromatic heterocycles. The van der Waals surface area contributed by atoms with Gasteiger partial charge in [-0.25, -0.2) is 0 Å². The van der Waals surface area contributed by atoms with Crippen LogP contribution in [0.3, 0.4) is 0 Å². The Kier molecular flexibility index (Phi) is 10.0. The summed E-state index contributed by atoms with van der Waals surface area (Å²) in [6.45, 7) is 4.12. The molecule has 1 spiro atoms. The van der Waals surface area contributed by atoms with Gasteiger partial charge in [0.05, 0.1) is 6.10 Å². The maximum atomic E-state index is 14.0. The molecule has 3 saturated carbocycles. The molecule has 0 saturated heterocycles. The molecule has 0 heterocycles. The lowest BCUT2D eigenvalue weighted by Gasteiger charge is -2.53. The van der Waals surface area contributed by atoms with Crippen molar-refractivity contribution in [3.63, 3.8) is 0 Å². The minimum atomic E-state index is -5.47. The van der Waals surface area contributed by atoms with Gasteiger partial charge in [-0.1, -0.05) is 25.8 Å². The van der Waals surface area contributed by atoms with Crippen LogP contribution in [0.2, 0.25) is 0 Å². The Morgan fingerprint density at radius 2 is 1.70 bits per heavy atom. The van der Waals surface area contributed by atoms with E-state index in [0.29, 0.717) is 17.2 Å². The number of hydrogen-bond donors (Lipinski definition) is 2. The fourth-order valence-electron chi connectivity index (χ4n) is 9.27. The SMILES string of the molecule is CN(CCCCCC1C(=O)c2cc(O)ccc2C2CC[C@@]3(C)C(C[C@@H](O)C34CC4)C12)CCCSCCCC(F)(F)C(F)(F)F. The lowest BCUT2D eigenvalue weighted by molar-refractivity contribution is -0.284. The lowest BCUT2D eigenvalue weighted by atomic mass is 9.50. The second-order valence-corrected chi connectivity index (χ2v) is 15.5. The number of phenolic OH excluding ortho intramolecular Hbond substituents is 1. The van der Waals surface area contributed by atoms with Crippen LogP contribution in [0.1, 0.15) is 106 Å². The molecule has 6 atom stereocenters. The molecule has 0 aliphatic heterocycles. The van der Waals surface area contributed by atoms with Crippen molar-refractivity contribution >= 4 is 17.5 Å². The third-order valence-electron chi connectivity index (χ3n) is 11.8. The zero-order valence-electron chi connectivity index (χ0n) is 26.0. The quantitative estimate of drug-likeness (QED) is 0.157. The molecule has 44 heavy (non-hydrogen) atoms. The Morgan fingerprint density at radius 3 is 2.41 bits per heavy atom. The van der Waals surface area contributed by atoms with Crippen LogP contribution in [-0.2, 0) is 0 Å². The van der Waals surface area contributed by atoms with Crippen molar-refractivity contribution in [3.05, 3.63) is 29.3 Å². The number of hydrogen-bond acceptors (Lipinski definition) is 5. The molecule has 1 aromatic carbocycles. The van der Waals surface area contributed by atoms with Crippen molar-refractivity contribution in [2.45, 2.75) is 108 Å². The van der Waals surface area contributed by atoms with E-state index in [-0.39, 0.29) is 52.6 Å². The van der Waals surface area contributed by atoms with E-state index in [1.54, 1.807) is 12.1 Å². The number of carbonyl (C=O) groups is 1. The standard InChI is InChI=1S/C34H48F5NO3S/c1-31-13-11-24-23-10-9-22(41)20-26(23)30(43)25(29(24)27(31)21-28(42)32(31)14-15-32)8-4-3-5-16-40(2)17-7-19-44-18-6-12-33(35,36)34(37,38)39/h9-10,20,24-25,27-29,41-42H,3-8,11-19,21H2,1-2H3/t24?,25?,27?,28-,29?,31+/m1/s1. The first-order valence-electron chi connectivity index (χ1n) is 16.5. The first kappa shape index (κ1) is 34.0. The summed E-state index contributed by atoms with van der Waals surface area (Å²) in [7, 11) is 2.04. The van der Waals surface area contributed by atoms with Crippen LogP contribution >= 0.6 is 11.8 Å². The third-order valence-corrected chi connectivity index (χ3v) is 13.0. The number of carbonyl (C=O) groups excluding carboxylic acids is 1. The van der Waals surface area contributed by atoms with Crippen molar-refractivity contribution in [2.24, 2.45) is 28.6 Å². The number of fused-ring (bicyclic) bond motifs is 6. The molecule has 4 aliphatic rings. The molecule has 1 aromatic rings. The molecule has 0 bridgehead atoms. The number of rotatable bonds is 14. The number of benzene rings is 1. The highest BCUT2D eigenvalue weighted by molar-refractivity contribution is 7.99. The Bertz CT molecular complexity index is 1170. The number of nitrogens with zero attached hydrogens (tertiary/aromatic N) is 1. The molecule has 4 nitrogen and oxygen atoms in total. The van der Waals surface area contributed by atoms with Gasteiger partial charge in [0, 0.05) is 23.3 Å². The summed E-state index contributed by atoms with van der Waals surface area (Å²) in [5.74, 6) is -2.54. The predicted molar refractivity (Wildman–Crippen MR) is 163 cm³/mol. The van der Waals surface area contributed by atoms with Crippen molar-refractivity contribution in [1.82, 2.24) is 4.90 Å². The summed E-state index contributed by atoms with van der Waals surface area (Å²) in [6.07, 6.45) is 2.60. The highest BCUT2D eigenvalue weighted by Gasteiger charge is 2.71. The normalized spacial score (nSPS) is 30.8. The maximum absolute atomic E-state index is 14.0. The average Bonchev–Trinajstić information content (AvgIpc) is 3.74. The van der Waals surface area contributed by atoms with Crippen LogP contribution in [0.25, 0.3) is 0 Å². The molecule has 4 unspecified atom stereocenters. The Morgan fingerprint density at radius 1 is 1.00 bits per heavy atom. The zero-order valence-corrected chi connectivity index (χ0v) is 26.8. The van der Waals surface area contributed by atoms with E-state index in [4.69, 9.17) is 0 Å². The summed E-state index contributed by atoms with van der Waals surface area (Å²) in [5.41, 5.74) is 1.89. The molecule has 0 amide bonds. The van der Waals surface area contributed by atoms with Gasteiger partial charge in [0.1, 0.15) is 5.75 Å². The van der Waals surface area contributed by atoms with E-state index < -0.39 is 18.5 Å². The zero-order chi connectivity index (χ0) is 31.9. The van der Waals surface area contributed by atoms with Crippen LogP contribution in [-0.4, -0.2) is 70.7 Å². The fraction of sp³-hybridized carbons (Fsp3) is 0.794. The Labute approximate surface area is 262 Å². The topological polar surface area (TPSA) is 60.8 Å². The van der Waals surface area contributed by atoms with Crippen molar-refractivity contribution in [2.75, 3.05) is 31.6 Å². The van der Waals surface area contributed by atoms with Crippen molar-refractivity contribution < 1.29 is 37.0 Å². The van der Waals surface area contributed by atoms with Gasteiger partial charge in [0.15, 0.2) is 5.78 Å². The summed E-state index contributed by atoms with van der Waals surface area (Å²) in [5, 5.41) is 21.4. The Hall–Kier alpha value is -1.39. The average molecular weight is 646 g/mol. The van der Waals surface area contributed by atoms with Crippen LogP contribution in [0.5, 0.6) is 5.75 Å². The minimum Gasteiger partial charge on any atom is -0.508 e. The molecular formula is C34H48F5NO3S. The number of unbranched alkanes of at least 4 members (excludes halogenated alkanes) is 2. The number of aromatic hydroxyl groups is 1. The predicted octanol–water partition coefficient (Wildman–Crippen LogP) is 8.46. The summed E-state index contributed by atoms with van der Waals surface area (Å²) < 4.78 is 62.7. The number of thioether (sulfide) groups is 1. The molecule has 2 N–H and O–H groups in total. The molecule has 10 heteroatoms. The highest BCUT2D eigenvalue weighted by atomic mass is 32.2. The van der Waals surface area contributed by atoms with Gasteiger partial charge in [-0.2, -0.15) is 33.7 Å². The monoisotopic (exact) mass is 645 g/mol. The van der Waals surface area contributed by atoms with E-state index in [2.05, 4.69) is 11.8 Å². The van der Waals surface area contributed by atoms with E-state index >= 15 is 0 Å². The number of Topliss-reactive ketones (excluding diaryl/α,β-unsaturated/α-hetero) is 1. The highest BCUT2D eigenvalue weighted by Crippen LogP contribution is 2.76. The van der Waals surface area contributed by atoms with Crippen molar-refractivity contribution in [1.29, 1.82) is 0 Å². The molecule has 3 fully saturated rings. The Balaban J connectivity index is 1.08. The minimum absolute atomic E-state index is 0.0380. The molecular weight excluding hydrogens is 597 g/mol. The molecule has 5 rings (SSSR count). The van der Waals surface area contributed by atoms with Gasteiger partial charge < -0.3 is 15.1 Å². The van der Waals surface area contributed by atoms with Gasteiger partial charge in [0.25, 0.3) is 0 Å². The first-order chi connectivity index (χ1) is 20.7. The first-order valence-corrected chi connectivity index (χ1v) is 17.6. The second kappa shape index (κ2) is 13.0. The van der Waals surface area contributed by atoms with E-state index in [1.165, 1.54) is 11.8 Å². The number of ketones is 1. The number of aliphatic hydroxyl groups is 1. The second-order valence-electron chi connectivity index (χ2n) is 14.3. The van der Waals surface area contributed by atoms with Crippen LogP contribution in [0, 0.1) is 28.6 Å². The maximum Gasteiger partial charge on any atom is 0.453 e. The molecule has 248 valence electrons. The number of halogens is 5. The van der Waals surface area contributed by atoms with Crippen LogP contribution in [0.4, 0.5) is 22.0 Å². The van der Waals surface area contributed by atoms with E-state index in [1.807, 2.05) is 13.1 Å². The summed E-state index contributed by atoms with van der Waals surface area (Å²) in [6, 6.07) is 5.32. The van der Waals surface area contributed by atoms with E-state index in [9.17, 15) is 37.0 Å². The molecule has 4 aliphatic carbocycles. The number of phenols is 1. The number of aliphatic hydroxyl groups excluding tert-OH is 1. The third kappa shape index (κ3) is 6.42.